The van der Waals surface area contributed by atoms with E-state index in [0.29, 0.717) is 13.0 Å². The molecule has 5 nitrogen and oxygen atoms in total. The Labute approximate surface area is 165 Å². The van der Waals surface area contributed by atoms with Gasteiger partial charge in [0.1, 0.15) is 0 Å². The SMILES string of the molecule is Cc1ccc(-c2nc(C)sc2CC(=O)NCC(C)(C)N2CCOCC2)cc1. The van der Waals surface area contributed by atoms with Crippen molar-refractivity contribution in [1.29, 1.82) is 0 Å². The Kier molecular flexibility index (Phi) is 6.29. The van der Waals surface area contributed by atoms with Gasteiger partial charge in [-0.3, -0.25) is 9.69 Å². The molecule has 0 unspecified atom stereocenters. The van der Waals surface area contributed by atoms with Crippen LogP contribution in [0.4, 0.5) is 0 Å². The minimum atomic E-state index is -0.0805. The van der Waals surface area contributed by atoms with E-state index >= 15 is 0 Å². The third kappa shape index (κ3) is 5.15. The summed E-state index contributed by atoms with van der Waals surface area (Å²) < 4.78 is 5.43. The van der Waals surface area contributed by atoms with Gasteiger partial charge in [-0.05, 0) is 27.7 Å². The molecule has 1 aromatic heterocycles. The minimum Gasteiger partial charge on any atom is -0.379 e. The summed E-state index contributed by atoms with van der Waals surface area (Å²) >= 11 is 1.60. The summed E-state index contributed by atoms with van der Waals surface area (Å²) in [5, 5.41) is 4.11. The maximum Gasteiger partial charge on any atom is 0.225 e. The molecule has 1 aromatic carbocycles. The molecule has 1 aliphatic rings. The number of rotatable bonds is 6. The fourth-order valence-electron chi connectivity index (χ4n) is 3.33. The third-order valence-corrected chi connectivity index (χ3v) is 6.01. The molecule has 146 valence electrons. The molecular weight excluding hydrogens is 358 g/mol. The Hall–Kier alpha value is -1.76. The first-order chi connectivity index (χ1) is 12.8. The molecule has 27 heavy (non-hydrogen) atoms. The summed E-state index contributed by atoms with van der Waals surface area (Å²) in [7, 11) is 0. The molecule has 6 heteroatoms. The van der Waals surface area contributed by atoms with Crippen LogP contribution in [0, 0.1) is 13.8 Å². The fraction of sp³-hybridized carbons (Fsp3) is 0.524. The van der Waals surface area contributed by atoms with E-state index in [9.17, 15) is 4.79 Å². The highest BCUT2D eigenvalue weighted by molar-refractivity contribution is 7.12. The van der Waals surface area contributed by atoms with Crippen LogP contribution in [0.2, 0.25) is 0 Å². The molecule has 3 rings (SSSR count). The predicted molar refractivity (Wildman–Crippen MR) is 110 cm³/mol. The lowest BCUT2D eigenvalue weighted by molar-refractivity contribution is -0.121. The molecule has 1 saturated heterocycles. The highest BCUT2D eigenvalue weighted by Crippen LogP contribution is 2.28. The molecule has 0 saturated carbocycles. The highest BCUT2D eigenvalue weighted by Gasteiger charge is 2.28. The van der Waals surface area contributed by atoms with Crippen molar-refractivity contribution < 1.29 is 9.53 Å². The van der Waals surface area contributed by atoms with Crippen LogP contribution in [-0.4, -0.2) is 54.2 Å². The van der Waals surface area contributed by atoms with Crippen molar-refractivity contribution in [2.45, 2.75) is 39.7 Å². The Morgan fingerprint density at radius 1 is 1.22 bits per heavy atom. The fourth-order valence-corrected chi connectivity index (χ4v) is 4.29. The highest BCUT2D eigenvalue weighted by atomic mass is 32.1. The lowest BCUT2D eigenvalue weighted by atomic mass is 10.0. The van der Waals surface area contributed by atoms with E-state index in [1.165, 1.54) is 5.56 Å². The van der Waals surface area contributed by atoms with Gasteiger partial charge in [-0.1, -0.05) is 29.8 Å². The van der Waals surface area contributed by atoms with Crippen LogP contribution < -0.4 is 5.32 Å². The molecule has 0 radical (unpaired) electrons. The first-order valence-corrected chi connectivity index (χ1v) is 10.3. The molecule has 1 aliphatic heterocycles. The van der Waals surface area contributed by atoms with Crippen LogP contribution in [0.15, 0.2) is 24.3 Å². The Balaban J connectivity index is 1.63. The molecule has 2 heterocycles. The van der Waals surface area contributed by atoms with Crippen LogP contribution in [-0.2, 0) is 16.0 Å². The first kappa shape index (κ1) is 20.0. The molecule has 1 N–H and O–H groups in total. The average Bonchev–Trinajstić information content (AvgIpc) is 3.01. The number of nitrogens with zero attached hydrogens (tertiary/aromatic N) is 2. The second-order valence-corrected chi connectivity index (χ2v) is 9.02. The number of ether oxygens (including phenoxy) is 1. The van der Waals surface area contributed by atoms with E-state index in [0.717, 1.165) is 47.4 Å². The van der Waals surface area contributed by atoms with Gasteiger partial charge in [0.25, 0.3) is 0 Å². The summed E-state index contributed by atoms with van der Waals surface area (Å²) in [6, 6.07) is 8.32. The second kappa shape index (κ2) is 8.50. The maximum atomic E-state index is 12.6. The lowest BCUT2D eigenvalue weighted by Crippen LogP contribution is -2.55. The van der Waals surface area contributed by atoms with E-state index in [2.05, 4.69) is 60.2 Å². The van der Waals surface area contributed by atoms with Crippen LogP contribution in [0.1, 0.15) is 29.3 Å². The smallest absolute Gasteiger partial charge is 0.225 e. The summed E-state index contributed by atoms with van der Waals surface area (Å²) in [6.45, 7) is 12.4. The van der Waals surface area contributed by atoms with Gasteiger partial charge < -0.3 is 10.1 Å². The minimum absolute atomic E-state index is 0.0494. The number of thiazole rings is 1. The Morgan fingerprint density at radius 2 is 1.89 bits per heavy atom. The quantitative estimate of drug-likeness (QED) is 0.827. The molecule has 0 atom stereocenters. The predicted octanol–water partition coefficient (Wildman–Crippen LogP) is 3.20. The van der Waals surface area contributed by atoms with Crippen molar-refractivity contribution in [1.82, 2.24) is 15.2 Å². The van der Waals surface area contributed by atoms with Gasteiger partial charge in [-0.2, -0.15) is 0 Å². The number of aromatic nitrogens is 1. The van der Waals surface area contributed by atoms with E-state index in [1.54, 1.807) is 11.3 Å². The monoisotopic (exact) mass is 387 g/mol. The number of carbonyl (C=O) groups is 1. The van der Waals surface area contributed by atoms with Crippen LogP contribution >= 0.6 is 11.3 Å². The number of amides is 1. The normalized spacial score (nSPS) is 15.7. The molecule has 1 amide bonds. The van der Waals surface area contributed by atoms with Crippen LogP contribution in [0.5, 0.6) is 0 Å². The zero-order valence-corrected chi connectivity index (χ0v) is 17.5. The largest absolute Gasteiger partial charge is 0.379 e. The number of hydrogen-bond acceptors (Lipinski definition) is 5. The van der Waals surface area contributed by atoms with Gasteiger partial charge in [-0.25, -0.2) is 4.98 Å². The molecular formula is C21H29N3O2S. The molecule has 2 aromatic rings. The van der Waals surface area contributed by atoms with Gasteiger partial charge in [0.15, 0.2) is 0 Å². The summed E-state index contributed by atoms with van der Waals surface area (Å²) in [6.07, 6.45) is 0.369. The number of carbonyl (C=O) groups excluding carboxylic acids is 1. The van der Waals surface area contributed by atoms with E-state index in [-0.39, 0.29) is 11.4 Å². The van der Waals surface area contributed by atoms with Gasteiger partial charge in [0.2, 0.25) is 5.91 Å². The van der Waals surface area contributed by atoms with Gasteiger partial charge in [-0.15, -0.1) is 11.3 Å². The van der Waals surface area contributed by atoms with Crippen molar-refractivity contribution >= 4 is 17.2 Å². The van der Waals surface area contributed by atoms with Crippen molar-refractivity contribution in [3.63, 3.8) is 0 Å². The maximum absolute atomic E-state index is 12.6. The Morgan fingerprint density at radius 3 is 2.56 bits per heavy atom. The van der Waals surface area contributed by atoms with Gasteiger partial charge in [0, 0.05) is 35.6 Å². The lowest BCUT2D eigenvalue weighted by Gasteiger charge is -2.40. The first-order valence-electron chi connectivity index (χ1n) is 9.48. The zero-order valence-electron chi connectivity index (χ0n) is 16.7. The standard InChI is InChI=1S/C21H29N3O2S/c1-15-5-7-17(8-6-15)20-18(27-16(2)23-20)13-19(25)22-14-21(3,4)24-9-11-26-12-10-24/h5-8H,9-14H2,1-4H3,(H,22,25). The molecule has 0 bridgehead atoms. The number of morpholine rings is 1. The molecule has 1 fully saturated rings. The average molecular weight is 388 g/mol. The molecule has 0 spiro atoms. The van der Waals surface area contributed by atoms with Crippen LogP contribution in [0.25, 0.3) is 11.3 Å². The van der Waals surface area contributed by atoms with Crippen molar-refractivity contribution in [2.24, 2.45) is 0 Å². The molecule has 0 aliphatic carbocycles. The summed E-state index contributed by atoms with van der Waals surface area (Å²) in [5.41, 5.74) is 3.14. The number of aryl methyl sites for hydroxylation is 2. The van der Waals surface area contributed by atoms with Crippen LogP contribution in [0.3, 0.4) is 0 Å². The Bertz CT molecular complexity index is 777. The number of nitrogens with one attached hydrogen (secondary N) is 1. The van der Waals surface area contributed by atoms with Crippen molar-refractivity contribution in [2.75, 3.05) is 32.8 Å². The van der Waals surface area contributed by atoms with E-state index in [4.69, 9.17) is 4.74 Å². The van der Waals surface area contributed by atoms with Gasteiger partial charge in [0.05, 0.1) is 30.3 Å². The zero-order chi connectivity index (χ0) is 19.4. The second-order valence-electron chi connectivity index (χ2n) is 7.74. The summed E-state index contributed by atoms with van der Waals surface area (Å²) in [5.74, 6) is 0.0494. The third-order valence-electron chi connectivity index (χ3n) is 5.04. The van der Waals surface area contributed by atoms with E-state index in [1.807, 2.05) is 6.92 Å². The number of hydrogen-bond donors (Lipinski definition) is 1. The van der Waals surface area contributed by atoms with Gasteiger partial charge >= 0.3 is 0 Å². The van der Waals surface area contributed by atoms with Crippen molar-refractivity contribution in [3.8, 4) is 11.3 Å². The van der Waals surface area contributed by atoms with Crippen molar-refractivity contribution in [3.05, 3.63) is 39.7 Å². The van der Waals surface area contributed by atoms with E-state index < -0.39 is 0 Å². The summed E-state index contributed by atoms with van der Waals surface area (Å²) in [4.78, 5) is 20.7. The topological polar surface area (TPSA) is 54.5 Å². The number of benzene rings is 1.